The second-order valence-corrected chi connectivity index (χ2v) is 14.6. The number of aliphatic hydroxyl groups excluding tert-OH is 1. The van der Waals surface area contributed by atoms with Crippen molar-refractivity contribution in [2.75, 3.05) is 31.6 Å². The molecular weight excluding hydrogens is 733 g/mol. The quantitative estimate of drug-likeness (QED) is 0.0638. The van der Waals surface area contributed by atoms with E-state index in [1.54, 1.807) is 36.9 Å². The van der Waals surface area contributed by atoms with Crippen LogP contribution in [0.25, 0.3) is 0 Å². The van der Waals surface area contributed by atoms with Gasteiger partial charge in [-0.2, -0.15) is 0 Å². The maximum Gasteiger partial charge on any atom is 0.303 e. The molecule has 0 aromatic rings. The van der Waals surface area contributed by atoms with E-state index in [1.165, 1.54) is 18.6 Å². The van der Waals surface area contributed by atoms with E-state index in [-0.39, 0.29) is 60.5 Å². The second kappa shape index (κ2) is 18.2. The van der Waals surface area contributed by atoms with Crippen molar-refractivity contribution < 1.29 is 43.2 Å². The van der Waals surface area contributed by atoms with Gasteiger partial charge in [0.15, 0.2) is 0 Å². The third kappa shape index (κ3) is 11.5. The zero-order valence-corrected chi connectivity index (χ0v) is 31.9. The first-order valence-electron chi connectivity index (χ1n) is 17.1. The van der Waals surface area contributed by atoms with Gasteiger partial charge in [-0.1, -0.05) is 41.2 Å². The molecule has 0 bridgehead atoms. The van der Waals surface area contributed by atoms with Gasteiger partial charge in [-0.25, -0.2) is 0 Å². The van der Waals surface area contributed by atoms with Crippen molar-refractivity contribution in [2.24, 2.45) is 5.92 Å². The van der Waals surface area contributed by atoms with E-state index >= 15 is 0 Å². The highest BCUT2D eigenvalue weighted by atomic mass is 127. The predicted molar refractivity (Wildman–Crippen MR) is 189 cm³/mol. The monoisotopic (exact) mass is 789 g/mol. The van der Waals surface area contributed by atoms with Crippen molar-refractivity contribution in [3.63, 3.8) is 0 Å². The molecule has 272 valence electrons. The molecule has 3 aliphatic rings. The molecule has 2 N–H and O–H groups in total. The number of carbonyl (C=O) groups excluding carboxylic acids is 4. The molecule has 3 fully saturated rings. The minimum absolute atomic E-state index is 0.00926. The summed E-state index contributed by atoms with van der Waals surface area (Å²) in [5.74, 6) is -0.459. The number of aliphatic hydroxyl groups is 1. The number of alkyl halides is 1. The number of allylic oxidation sites excluding steroid dienone is 1. The highest BCUT2D eigenvalue weighted by Crippen LogP contribution is 2.49. The zero-order chi connectivity index (χ0) is 35.8. The van der Waals surface area contributed by atoms with Gasteiger partial charge < -0.3 is 39.2 Å². The van der Waals surface area contributed by atoms with Crippen molar-refractivity contribution in [3.8, 4) is 0 Å². The van der Waals surface area contributed by atoms with Gasteiger partial charge in [-0.05, 0) is 65.4 Å². The molecule has 1 spiro atoms. The number of nitrogens with zero attached hydrogens (tertiary/aromatic N) is 2. The van der Waals surface area contributed by atoms with Crippen LogP contribution in [0.15, 0.2) is 23.8 Å². The Morgan fingerprint density at radius 1 is 1.06 bits per heavy atom. The molecule has 3 amide bonds. The lowest BCUT2D eigenvalue weighted by molar-refractivity contribution is -0.163. The Labute approximate surface area is 299 Å². The molecule has 13 heteroatoms. The van der Waals surface area contributed by atoms with Gasteiger partial charge in [-0.3, -0.25) is 19.2 Å². The number of carbonyl (C=O) groups is 4. The molecule has 3 heterocycles. The van der Waals surface area contributed by atoms with E-state index < -0.39 is 29.9 Å². The van der Waals surface area contributed by atoms with Crippen LogP contribution in [0, 0.1) is 5.92 Å². The zero-order valence-electron chi connectivity index (χ0n) is 29.8. The maximum atomic E-state index is 13.1. The first kappa shape index (κ1) is 40.4. The lowest BCUT2D eigenvalue weighted by Gasteiger charge is -2.39. The molecule has 0 radical (unpaired) electrons. The third-order valence-electron chi connectivity index (χ3n) is 9.87. The summed E-state index contributed by atoms with van der Waals surface area (Å²) in [5.41, 5.74) is 0.486. The molecule has 0 aromatic carbocycles. The van der Waals surface area contributed by atoms with E-state index in [4.69, 9.17) is 18.9 Å². The normalized spacial score (nSPS) is 32.5. The standard InChI is InChI=1S/C35H56IN3O9/c1-21(9-12-29-22(2)17-28(24(4)46-29)37-31(41)14-11-23(3)45-26(6)40)10-13-30-34(44)35(25(5)48-35)19-27(47-30)18-32(42)38(7)15-16-39(8)33(43)20-36/h9,11,14,22-25,27-30,34,44H,10,12-13,15-20H2,1-8H3,(H,37,41)/b14-11-,21-9+/t22-,23-,24+,25+,27?,28+,29-,30+,34?,35+/m0/s1. The van der Waals surface area contributed by atoms with E-state index in [2.05, 4.69) is 25.2 Å². The number of halogens is 1. The summed E-state index contributed by atoms with van der Waals surface area (Å²) in [6.45, 7) is 12.0. The Morgan fingerprint density at radius 2 is 1.71 bits per heavy atom. The lowest BCUT2D eigenvalue weighted by atomic mass is 9.83. The molecule has 10 atom stereocenters. The summed E-state index contributed by atoms with van der Waals surface area (Å²) in [5, 5.41) is 14.2. The third-order valence-corrected chi connectivity index (χ3v) is 10.5. The minimum atomic E-state index is -0.772. The van der Waals surface area contributed by atoms with Gasteiger partial charge in [-0.15, -0.1) is 0 Å². The van der Waals surface area contributed by atoms with Crippen LogP contribution in [0.3, 0.4) is 0 Å². The molecule has 48 heavy (non-hydrogen) atoms. The highest BCUT2D eigenvalue weighted by Gasteiger charge is 2.64. The molecule has 12 nitrogen and oxygen atoms in total. The Balaban J connectivity index is 1.48. The van der Waals surface area contributed by atoms with E-state index in [9.17, 15) is 24.3 Å². The summed E-state index contributed by atoms with van der Waals surface area (Å²) in [6.07, 6.45) is 6.30. The smallest absolute Gasteiger partial charge is 0.303 e. The molecule has 0 aromatic heterocycles. The van der Waals surface area contributed by atoms with Crippen LogP contribution < -0.4 is 5.32 Å². The Morgan fingerprint density at radius 3 is 2.31 bits per heavy atom. The van der Waals surface area contributed by atoms with Crippen molar-refractivity contribution in [1.82, 2.24) is 15.1 Å². The average molecular weight is 790 g/mol. The van der Waals surface area contributed by atoms with Crippen LogP contribution in [-0.4, -0.2) is 125 Å². The van der Waals surface area contributed by atoms with Crippen LogP contribution in [0.4, 0.5) is 0 Å². The molecule has 0 saturated carbocycles. The number of esters is 1. The highest BCUT2D eigenvalue weighted by molar-refractivity contribution is 14.1. The maximum absolute atomic E-state index is 13.1. The topological polar surface area (TPSA) is 147 Å². The van der Waals surface area contributed by atoms with Crippen molar-refractivity contribution in [2.45, 2.75) is 134 Å². The van der Waals surface area contributed by atoms with E-state index in [0.29, 0.717) is 30.4 Å². The number of amides is 3. The molecule has 3 saturated heterocycles. The number of hydrogen-bond acceptors (Lipinski definition) is 9. The van der Waals surface area contributed by atoms with Crippen LogP contribution >= 0.6 is 22.6 Å². The number of epoxide rings is 1. The first-order chi connectivity index (χ1) is 22.6. The van der Waals surface area contributed by atoms with Crippen molar-refractivity contribution >= 4 is 46.3 Å². The van der Waals surface area contributed by atoms with Crippen LogP contribution in [0.2, 0.25) is 0 Å². The predicted octanol–water partition coefficient (Wildman–Crippen LogP) is 3.33. The number of ether oxygens (including phenoxy) is 4. The molecule has 0 aliphatic carbocycles. The second-order valence-electron chi connectivity index (χ2n) is 13.8. The summed E-state index contributed by atoms with van der Waals surface area (Å²) >= 11 is 2.03. The van der Waals surface area contributed by atoms with E-state index in [1.807, 2.05) is 36.4 Å². The van der Waals surface area contributed by atoms with Gasteiger partial charge >= 0.3 is 5.97 Å². The minimum Gasteiger partial charge on any atom is -0.459 e. The number of nitrogens with one attached hydrogen (secondary N) is 1. The van der Waals surface area contributed by atoms with Gasteiger partial charge in [0, 0.05) is 46.6 Å². The SMILES string of the molecule is CC(=O)O[C@@H](C)/C=C\C(=O)N[C@@H]1C[C@H](C)[C@H](C/C=C(\C)CC[C@H]2OC(CC(=O)N(C)CCN(C)C(=O)CI)C[C@]3(O[C@@H]3C)C2O)O[C@@H]1C. The molecule has 2 unspecified atom stereocenters. The summed E-state index contributed by atoms with van der Waals surface area (Å²) < 4.78 is 24.0. The molecule has 3 aliphatic heterocycles. The largest absolute Gasteiger partial charge is 0.459 e. The van der Waals surface area contributed by atoms with Crippen molar-refractivity contribution in [3.05, 3.63) is 23.8 Å². The summed E-state index contributed by atoms with van der Waals surface area (Å²) in [7, 11) is 3.47. The van der Waals surface area contributed by atoms with Gasteiger partial charge in [0.25, 0.3) is 0 Å². The van der Waals surface area contributed by atoms with Crippen LogP contribution in [-0.2, 0) is 38.1 Å². The Kier molecular flexibility index (Phi) is 15.3. The number of rotatable bonds is 15. The summed E-state index contributed by atoms with van der Waals surface area (Å²) in [4.78, 5) is 51.7. The molecular formula is C35H56IN3O9. The fourth-order valence-corrected chi connectivity index (χ4v) is 7.17. The van der Waals surface area contributed by atoms with Gasteiger partial charge in [0.2, 0.25) is 17.7 Å². The molecule has 3 rings (SSSR count). The first-order valence-corrected chi connectivity index (χ1v) is 18.6. The number of likely N-dealkylation sites (N-methyl/N-ethyl adjacent to an activating group) is 2. The summed E-state index contributed by atoms with van der Waals surface area (Å²) in [6, 6.07) is -0.127. The average Bonchev–Trinajstić information content (AvgIpc) is 3.67. The number of hydrogen-bond donors (Lipinski definition) is 2. The fraction of sp³-hybridized carbons (Fsp3) is 0.771. The Bertz CT molecular complexity index is 1200. The Hall–Kier alpha value is -2.07. The van der Waals surface area contributed by atoms with Gasteiger partial charge in [0.1, 0.15) is 17.8 Å². The lowest BCUT2D eigenvalue weighted by Crippen LogP contribution is -2.52. The van der Waals surface area contributed by atoms with E-state index in [0.717, 1.165) is 19.3 Å². The van der Waals surface area contributed by atoms with Crippen LogP contribution in [0.5, 0.6) is 0 Å². The van der Waals surface area contributed by atoms with Crippen molar-refractivity contribution in [1.29, 1.82) is 0 Å². The van der Waals surface area contributed by atoms with Gasteiger partial charge in [0.05, 0.1) is 47.4 Å². The fourth-order valence-electron chi connectivity index (χ4n) is 6.59. The van der Waals surface area contributed by atoms with Crippen LogP contribution in [0.1, 0.15) is 80.1 Å².